The third kappa shape index (κ3) is 2.74. The maximum absolute atomic E-state index is 5.96. The van der Waals surface area contributed by atoms with Gasteiger partial charge in [-0.2, -0.15) is 0 Å². The molecule has 0 aromatic rings. The van der Waals surface area contributed by atoms with Gasteiger partial charge in [0.1, 0.15) is 0 Å². The number of hydrogen-bond acceptors (Lipinski definition) is 4. The van der Waals surface area contributed by atoms with Crippen LogP contribution in [0.5, 0.6) is 0 Å². The summed E-state index contributed by atoms with van der Waals surface area (Å²) >= 11 is 0. The van der Waals surface area contributed by atoms with Crippen molar-refractivity contribution in [2.24, 2.45) is 5.73 Å². The minimum absolute atomic E-state index is 0.267. The monoisotopic (exact) mass is 227 g/mol. The van der Waals surface area contributed by atoms with Crippen LogP contribution in [0, 0.1) is 0 Å². The lowest BCUT2D eigenvalue weighted by atomic mass is 10.1. The number of morpholine rings is 1. The van der Waals surface area contributed by atoms with Crippen LogP contribution >= 0.6 is 0 Å². The van der Waals surface area contributed by atoms with Crippen LogP contribution in [-0.4, -0.2) is 67.3 Å². The summed E-state index contributed by atoms with van der Waals surface area (Å²) in [6.07, 6.45) is 1.29. The highest BCUT2D eigenvalue weighted by Gasteiger charge is 2.31. The lowest BCUT2D eigenvalue weighted by molar-refractivity contribution is 0.0176. The molecule has 0 bridgehead atoms. The molecule has 2 N–H and O–H groups in total. The van der Waals surface area contributed by atoms with Gasteiger partial charge in [-0.05, 0) is 20.3 Å². The fraction of sp³-hybridized carbons (Fsp3) is 1.00. The molecule has 2 aliphatic rings. The second-order valence-electron chi connectivity index (χ2n) is 5.19. The van der Waals surface area contributed by atoms with E-state index in [4.69, 9.17) is 10.5 Å². The van der Waals surface area contributed by atoms with E-state index in [0.717, 1.165) is 32.3 Å². The fourth-order valence-electron chi connectivity index (χ4n) is 2.71. The molecule has 3 unspecified atom stereocenters. The predicted molar refractivity (Wildman–Crippen MR) is 65.5 cm³/mol. The number of likely N-dealkylation sites (tertiary alicyclic amines) is 1. The van der Waals surface area contributed by atoms with Gasteiger partial charge in [-0.1, -0.05) is 0 Å². The molecular weight excluding hydrogens is 202 g/mol. The van der Waals surface area contributed by atoms with Crippen molar-refractivity contribution < 1.29 is 4.74 Å². The van der Waals surface area contributed by atoms with Crippen LogP contribution < -0.4 is 5.73 Å². The van der Waals surface area contributed by atoms with Crippen molar-refractivity contribution in [3.05, 3.63) is 0 Å². The largest absolute Gasteiger partial charge is 0.379 e. The molecule has 0 aliphatic carbocycles. The van der Waals surface area contributed by atoms with Crippen molar-refractivity contribution >= 4 is 0 Å². The van der Waals surface area contributed by atoms with Crippen molar-refractivity contribution in [3.8, 4) is 0 Å². The zero-order valence-corrected chi connectivity index (χ0v) is 10.6. The Bertz CT molecular complexity index is 216. The van der Waals surface area contributed by atoms with Crippen molar-refractivity contribution in [2.75, 3.05) is 39.4 Å². The van der Waals surface area contributed by atoms with Crippen molar-refractivity contribution in [1.82, 2.24) is 9.80 Å². The van der Waals surface area contributed by atoms with E-state index in [-0.39, 0.29) is 6.04 Å². The zero-order chi connectivity index (χ0) is 11.5. The van der Waals surface area contributed by atoms with Crippen LogP contribution in [0.25, 0.3) is 0 Å². The zero-order valence-electron chi connectivity index (χ0n) is 10.6. The summed E-state index contributed by atoms with van der Waals surface area (Å²) in [5, 5.41) is 0. The lowest BCUT2D eigenvalue weighted by Gasteiger charge is -2.33. The molecule has 2 heterocycles. The minimum atomic E-state index is 0.267. The van der Waals surface area contributed by atoms with E-state index in [0.29, 0.717) is 6.04 Å². The first-order valence-corrected chi connectivity index (χ1v) is 6.50. The number of rotatable bonds is 3. The molecule has 94 valence electrons. The van der Waals surface area contributed by atoms with Crippen molar-refractivity contribution in [2.45, 2.75) is 38.4 Å². The Kier molecular flexibility index (Phi) is 4.19. The summed E-state index contributed by atoms with van der Waals surface area (Å²) < 4.78 is 5.40. The second-order valence-corrected chi connectivity index (χ2v) is 5.19. The summed E-state index contributed by atoms with van der Waals surface area (Å²) in [5.74, 6) is 0. The van der Waals surface area contributed by atoms with Crippen molar-refractivity contribution in [1.29, 1.82) is 0 Å². The summed E-state index contributed by atoms with van der Waals surface area (Å²) in [4.78, 5) is 5.11. The van der Waals surface area contributed by atoms with E-state index in [2.05, 4.69) is 23.6 Å². The second kappa shape index (κ2) is 5.45. The third-order valence-electron chi connectivity index (χ3n) is 4.09. The van der Waals surface area contributed by atoms with Gasteiger partial charge in [0.25, 0.3) is 0 Å². The van der Waals surface area contributed by atoms with E-state index in [1.807, 2.05) is 0 Å². The average Bonchev–Trinajstić information content (AvgIpc) is 2.78. The van der Waals surface area contributed by atoms with E-state index in [9.17, 15) is 0 Å². The fourth-order valence-corrected chi connectivity index (χ4v) is 2.71. The molecule has 2 rings (SSSR count). The highest BCUT2D eigenvalue weighted by molar-refractivity contribution is 4.88. The molecule has 0 aromatic heterocycles. The topological polar surface area (TPSA) is 41.7 Å². The molecule has 2 saturated heterocycles. The van der Waals surface area contributed by atoms with Gasteiger partial charge < -0.3 is 10.5 Å². The summed E-state index contributed by atoms with van der Waals surface area (Å²) in [5.41, 5.74) is 5.96. The van der Waals surface area contributed by atoms with Gasteiger partial charge in [-0.25, -0.2) is 0 Å². The standard InChI is InChI=1S/C12H25N3O/c1-10(13)11(2)15-4-3-12(9-15)14-5-7-16-8-6-14/h10-12H,3-9,13H2,1-2H3. The van der Waals surface area contributed by atoms with Crippen LogP contribution in [0.15, 0.2) is 0 Å². The number of nitrogens with two attached hydrogens (primary N) is 1. The molecule has 4 nitrogen and oxygen atoms in total. The predicted octanol–water partition coefficient (Wildman–Crippen LogP) is 0.129. The highest BCUT2D eigenvalue weighted by Crippen LogP contribution is 2.19. The molecule has 0 aromatic carbocycles. The molecule has 0 amide bonds. The smallest absolute Gasteiger partial charge is 0.0594 e. The number of ether oxygens (including phenoxy) is 1. The van der Waals surface area contributed by atoms with Gasteiger partial charge in [-0.3, -0.25) is 9.80 Å². The normalized spacial score (nSPS) is 32.8. The maximum atomic E-state index is 5.96. The van der Waals surface area contributed by atoms with E-state index >= 15 is 0 Å². The van der Waals surface area contributed by atoms with E-state index in [1.165, 1.54) is 19.5 Å². The third-order valence-corrected chi connectivity index (χ3v) is 4.09. The average molecular weight is 227 g/mol. The SMILES string of the molecule is CC(N)C(C)N1CCC(N2CCOCC2)C1. The number of hydrogen-bond donors (Lipinski definition) is 1. The first-order chi connectivity index (χ1) is 7.68. The molecule has 2 aliphatic heterocycles. The Morgan fingerprint density at radius 2 is 1.88 bits per heavy atom. The molecule has 0 spiro atoms. The van der Waals surface area contributed by atoms with Gasteiger partial charge in [0.2, 0.25) is 0 Å². The molecule has 0 radical (unpaired) electrons. The Hall–Kier alpha value is -0.160. The van der Waals surface area contributed by atoms with Crippen molar-refractivity contribution in [3.63, 3.8) is 0 Å². The molecule has 0 saturated carbocycles. The first-order valence-electron chi connectivity index (χ1n) is 6.50. The minimum Gasteiger partial charge on any atom is -0.379 e. The highest BCUT2D eigenvalue weighted by atomic mass is 16.5. The van der Waals surface area contributed by atoms with Crippen LogP contribution in [0.4, 0.5) is 0 Å². The number of nitrogens with zero attached hydrogens (tertiary/aromatic N) is 2. The first kappa shape index (κ1) is 12.3. The van der Waals surface area contributed by atoms with Gasteiger partial charge in [0.15, 0.2) is 0 Å². The Labute approximate surface area is 98.7 Å². The lowest BCUT2D eigenvalue weighted by Crippen LogP contribution is -2.47. The van der Waals surface area contributed by atoms with Gasteiger partial charge >= 0.3 is 0 Å². The van der Waals surface area contributed by atoms with Crippen LogP contribution in [-0.2, 0) is 4.74 Å². The molecule has 16 heavy (non-hydrogen) atoms. The maximum Gasteiger partial charge on any atom is 0.0594 e. The Balaban J connectivity index is 1.82. The van der Waals surface area contributed by atoms with Crippen LogP contribution in [0.2, 0.25) is 0 Å². The van der Waals surface area contributed by atoms with Gasteiger partial charge in [0.05, 0.1) is 13.2 Å². The summed E-state index contributed by atoms with van der Waals surface area (Å²) in [7, 11) is 0. The molecule has 4 heteroatoms. The van der Waals surface area contributed by atoms with E-state index < -0.39 is 0 Å². The van der Waals surface area contributed by atoms with Crippen LogP contribution in [0.1, 0.15) is 20.3 Å². The molecular formula is C12H25N3O. The summed E-state index contributed by atoms with van der Waals surface area (Å²) in [6, 6.07) is 1.50. The van der Waals surface area contributed by atoms with Gasteiger partial charge in [0, 0.05) is 44.3 Å². The molecule has 2 fully saturated rings. The van der Waals surface area contributed by atoms with Gasteiger partial charge in [-0.15, -0.1) is 0 Å². The van der Waals surface area contributed by atoms with E-state index in [1.54, 1.807) is 0 Å². The quantitative estimate of drug-likeness (QED) is 0.744. The van der Waals surface area contributed by atoms with Crippen LogP contribution in [0.3, 0.4) is 0 Å². The summed E-state index contributed by atoms with van der Waals surface area (Å²) in [6.45, 7) is 10.7. The Morgan fingerprint density at radius 1 is 1.19 bits per heavy atom. The molecule has 3 atom stereocenters. The Morgan fingerprint density at radius 3 is 2.50 bits per heavy atom.